The van der Waals surface area contributed by atoms with Gasteiger partial charge in [-0.2, -0.15) is 0 Å². The quantitative estimate of drug-likeness (QED) is 0.420. The van der Waals surface area contributed by atoms with Gasteiger partial charge >= 0.3 is 5.63 Å². The summed E-state index contributed by atoms with van der Waals surface area (Å²) in [6.07, 6.45) is 1.77. The lowest BCUT2D eigenvalue weighted by molar-refractivity contribution is 0.337. The van der Waals surface area contributed by atoms with Crippen LogP contribution >= 0.6 is 11.3 Å². The standard InChI is InChI=1S/C20H13FN2O3S/c1-2-25-16-5-3-4-11-8-13(19(24)26-18(11)16)14-10-23-15-7-6-12(21)9-17(15)27-20(23)22-14/h3-10H,2H2,1H3. The zero-order valence-corrected chi connectivity index (χ0v) is 15.0. The van der Waals surface area contributed by atoms with Crippen molar-refractivity contribution < 1.29 is 13.5 Å². The fourth-order valence-corrected chi connectivity index (χ4v) is 4.20. The topological polar surface area (TPSA) is 56.7 Å². The molecule has 0 N–H and O–H groups in total. The number of hydrogen-bond donors (Lipinski definition) is 0. The summed E-state index contributed by atoms with van der Waals surface area (Å²) in [5.41, 5.74) is 1.69. The monoisotopic (exact) mass is 380 g/mol. The van der Waals surface area contributed by atoms with E-state index in [1.54, 1.807) is 24.4 Å². The lowest BCUT2D eigenvalue weighted by Crippen LogP contribution is -2.04. The number of halogens is 1. The fraction of sp³-hybridized carbons (Fsp3) is 0.100. The van der Waals surface area contributed by atoms with Crippen LogP contribution in [0.5, 0.6) is 5.75 Å². The molecule has 27 heavy (non-hydrogen) atoms. The number of thiazole rings is 1. The van der Waals surface area contributed by atoms with E-state index in [0.717, 1.165) is 15.6 Å². The van der Waals surface area contributed by atoms with Crippen molar-refractivity contribution in [2.24, 2.45) is 0 Å². The van der Waals surface area contributed by atoms with E-state index >= 15 is 0 Å². The summed E-state index contributed by atoms with van der Waals surface area (Å²) in [6, 6.07) is 11.8. The van der Waals surface area contributed by atoms with Crippen molar-refractivity contribution in [2.75, 3.05) is 6.61 Å². The smallest absolute Gasteiger partial charge is 0.345 e. The van der Waals surface area contributed by atoms with Gasteiger partial charge < -0.3 is 9.15 Å². The third-order valence-corrected chi connectivity index (χ3v) is 5.37. The van der Waals surface area contributed by atoms with Crippen LogP contribution < -0.4 is 10.4 Å². The van der Waals surface area contributed by atoms with Crippen molar-refractivity contribution in [2.45, 2.75) is 6.92 Å². The minimum Gasteiger partial charge on any atom is -0.490 e. The van der Waals surface area contributed by atoms with Crippen LogP contribution in [0.15, 0.2) is 57.9 Å². The van der Waals surface area contributed by atoms with E-state index in [9.17, 15) is 9.18 Å². The van der Waals surface area contributed by atoms with Crippen LogP contribution in [-0.2, 0) is 0 Å². The number of para-hydroxylation sites is 1. The number of fused-ring (bicyclic) bond motifs is 4. The zero-order chi connectivity index (χ0) is 18.5. The summed E-state index contributed by atoms with van der Waals surface area (Å²) in [5, 5.41) is 0.763. The van der Waals surface area contributed by atoms with Gasteiger partial charge in [-0.1, -0.05) is 23.5 Å². The maximum Gasteiger partial charge on any atom is 0.345 e. The van der Waals surface area contributed by atoms with E-state index in [-0.39, 0.29) is 5.82 Å². The Morgan fingerprint density at radius 2 is 2.15 bits per heavy atom. The summed E-state index contributed by atoms with van der Waals surface area (Å²) in [6.45, 7) is 2.36. The number of imidazole rings is 1. The highest BCUT2D eigenvalue weighted by Gasteiger charge is 2.16. The maximum absolute atomic E-state index is 13.4. The van der Waals surface area contributed by atoms with E-state index in [1.807, 2.05) is 23.5 Å². The molecule has 5 rings (SSSR count). The van der Waals surface area contributed by atoms with Crippen LogP contribution in [-0.4, -0.2) is 16.0 Å². The average molecular weight is 380 g/mol. The highest BCUT2D eigenvalue weighted by Crippen LogP contribution is 2.31. The molecule has 0 aliphatic heterocycles. The second-order valence-electron chi connectivity index (χ2n) is 6.05. The second-order valence-corrected chi connectivity index (χ2v) is 7.06. The molecule has 5 aromatic rings. The molecule has 0 aliphatic rings. The molecule has 0 radical (unpaired) electrons. The summed E-state index contributed by atoms with van der Waals surface area (Å²) >= 11 is 1.37. The van der Waals surface area contributed by atoms with Crippen LogP contribution in [0.2, 0.25) is 0 Å². The van der Waals surface area contributed by atoms with E-state index in [0.29, 0.717) is 34.2 Å². The third-order valence-electron chi connectivity index (χ3n) is 4.36. The van der Waals surface area contributed by atoms with Crippen molar-refractivity contribution in [1.29, 1.82) is 0 Å². The Hall–Kier alpha value is -3.19. The second kappa shape index (κ2) is 5.92. The van der Waals surface area contributed by atoms with Crippen molar-refractivity contribution in [3.8, 4) is 17.0 Å². The first-order valence-corrected chi connectivity index (χ1v) is 9.23. The van der Waals surface area contributed by atoms with Gasteiger partial charge in [0, 0.05) is 11.6 Å². The van der Waals surface area contributed by atoms with Gasteiger partial charge in [0.25, 0.3) is 0 Å². The molecule has 5 nitrogen and oxygen atoms in total. The fourth-order valence-electron chi connectivity index (χ4n) is 3.17. The summed E-state index contributed by atoms with van der Waals surface area (Å²) < 4.78 is 27.1. The SMILES string of the molecule is CCOc1cccc2cc(-c3cn4c(n3)sc3cc(F)ccc34)c(=O)oc12. The van der Waals surface area contributed by atoms with Crippen LogP contribution in [0.3, 0.4) is 0 Å². The highest BCUT2D eigenvalue weighted by atomic mass is 32.1. The third kappa shape index (κ3) is 2.50. The number of rotatable bonds is 3. The molecule has 134 valence electrons. The number of hydrogen-bond acceptors (Lipinski definition) is 5. The van der Waals surface area contributed by atoms with Gasteiger partial charge in [0.1, 0.15) is 5.82 Å². The van der Waals surface area contributed by atoms with Crippen LogP contribution in [0, 0.1) is 5.82 Å². The Morgan fingerprint density at radius 1 is 1.26 bits per heavy atom. The summed E-state index contributed by atoms with van der Waals surface area (Å²) in [7, 11) is 0. The molecule has 7 heteroatoms. The Labute approximate surface area is 156 Å². The minimum absolute atomic E-state index is 0.285. The molecule has 0 saturated carbocycles. The molecule has 0 unspecified atom stereocenters. The lowest BCUT2D eigenvalue weighted by atomic mass is 10.1. The Balaban J connectivity index is 1.70. The Morgan fingerprint density at radius 3 is 3.00 bits per heavy atom. The predicted molar refractivity (Wildman–Crippen MR) is 103 cm³/mol. The molecule has 0 spiro atoms. The summed E-state index contributed by atoms with van der Waals surface area (Å²) in [5.74, 6) is 0.255. The highest BCUT2D eigenvalue weighted by molar-refractivity contribution is 7.23. The van der Waals surface area contributed by atoms with E-state index in [1.165, 1.54) is 23.5 Å². The van der Waals surface area contributed by atoms with Crippen LogP contribution in [0.1, 0.15) is 6.92 Å². The van der Waals surface area contributed by atoms with Crippen LogP contribution in [0.4, 0.5) is 4.39 Å². The van der Waals surface area contributed by atoms with E-state index < -0.39 is 5.63 Å². The van der Waals surface area contributed by atoms with Crippen LogP contribution in [0.25, 0.3) is 37.4 Å². The molecule has 0 saturated heterocycles. The zero-order valence-electron chi connectivity index (χ0n) is 14.2. The van der Waals surface area contributed by atoms with Crippen molar-refractivity contribution in [1.82, 2.24) is 9.38 Å². The van der Waals surface area contributed by atoms with Crippen molar-refractivity contribution >= 4 is 37.5 Å². The molecule has 0 amide bonds. The van der Waals surface area contributed by atoms with Crippen molar-refractivity contribution in [3.63, 3.8) is 0 Å². The van der Waals surface area contributed by atoms with Gasteiger partial charge in [-0.3, -0.25) is 4.40 Å². The molecule has 0 bridgehead atoms. The average Bonchev–Trinajstić information content (AvgIpc) is 3.19. The number of nitrogens with zero attached hydrogens (tertiary/aromatic N) is 2. The molecule has 0 atom stereocenters. The van der Waals surface area contributed by atoms with Gasteiger partial charge in [0.2, 0.25) is 0 Å². The lowest BCUT2D eigenvalue weighted by Gasteiger charge is -2.06. The molecule has 0 fully saturated rings. The largest absolute Gasteiger partial charge is 0.490 e. The molecule has 3 aromatic heterocycles. The Kier molecular flexibility index (Phi) is 3.51. The van der Waals surface area contributed by atoms with Gasteiger partial charge in [0.15, 0.2) is 16.3 Å². The van der Waals surface area contributed by atoms with Crippen molar-refractivity contribution in [3.05, 3.63) is 64.9 Å². The predicted octanol–water partition coefficient (Wildman–Crippen LogP) is 4.86. The number of benzene rings is 2. The number of aromatic nitrogens is 2. The molecule has 3 heterocycles. The molecule has 0 aliphatic carbocycles. The first-order valence-electron chi connectivity index (χ1n) is 8.41. The molecular formula is C20H13FN2O3S. The first-order chi connectivity index (χ1) is 13.1. The van der Waals surface area contributed by atoms with E-state index in [4.69, 9.17) is 9.15 Å². The van der Waals surface area contributed by atoms with Gasteiger partial charge in [-0.25, -0.2) is 14.2 Å². The van der Waals surface area contributed by atoms with Gasteiger partial charge in [-0.05, 0) is 37.3 Å². The van der Waals surface area contributed by atoms with Gasteiger partial charge in [0.05, 0.1) is 28.1 Å². The molecule has 2 aromatic carbocycles. The summed E-state index contributed by atoms with van der Waals surface area (Å²) in [4.78, 5) is 17.8. The molecular weight excluding hydrogens is 367 g/mol. The maximum atomic E-state index is 13.4. The van der Waals surface area contributed by atoms with Gasteiger partial charge in [-0.15, -0.1) is 0 Å². The Bertz CT molecular complexity index is 1380. The normalized spacial score (nSPS) is 11.6. The first kappa shape index (κ1) is 16.0. The van der Waals surface area contributed by atoms with E-state index in [2.05, 4.69) is 4.98 Å². The minimum atomic E-state index is -0.476. The number of ether oxygens (including phenoxy) is 1.